The predicted molar refractivity (Wildman–Crippen MR) is 112 cm³/mol. The molecule has 30 heavy (non-hydrogen) atoms. The lowest BCUT2D eigenvalue weighted by Crippen LogP contribution is -2.25. The lowest BCUT2D eigenvalue weighted by molar-refractivity contribution is -0.120. The van der Waals surface area contributed by atoms with Gasteiger partial charge in [0.25, 0.3) is 0 Å². The number of nitrogens with zero attached hydrogens (tertiary/aromatic N) is 1. The van der Waals surface area contributed by atoms with Gasteiger partial charge in [-0.05, 0) is 36.4 Å². The average Bonchev–Trinajstić information content (AvgIpc) is 3.19. The largest absolute Gasteiger partial charge is 0.497 e. The third kappa shape index (κ3) is 5.87. The lowest BCUT2D eigenvalue weighted by Gasteiger charge is -2.06. The second-order valence-electron chi connectivity index (χ2n) is 6.20. The third-order valence-corrected chi connectivity index (χ3v) is 6.20. The number of rotatable bonds is 9. The van der Waals surface area contributed by atoms with Crippen molar-refractivity contribution in [2.45, 2.75) is 17.3 Å². The first-order chi connectivity index (χ1) is 14.5. The number of hydrogen-bond acceptors (Lipinski definition) is 6. The third-order valence-electron chi connectivity index (χ3n) is 4.14. The van der Waals surface area contributed by atoms with Crippen molar-refractivity contribution in [3.8, 4) is 5.75 Å². The monoisotopic (exact) mass is 448 g/mol. The number of halogens is 2. The first-order valence-corrected chi connectivity index (χ1v) is 10.8. The summed E-state index contributed by atoms with van der Waals surface area (Å²) in [4.78, 5) is 28.7. The number of benzene rings is 2. The molecule has 1 aromatic heterocycles. The van der Waals surface area contributed by atoms with Crippen molar-refractivity contribution in [1.82, 2.24) is 10.3 Å². The number of nitrogens with one attached hydrogen (secondary N) is 1. The standard InChI is InChI=1S/C21H18F2N2O3S2/c1-28-15-7-5-13(6-8-15)19(26)12-30-21-25-14(11-29-21)9-20(27)24-10-16-17(22)3-2-4-18(16)23/h2-8,11H,9-10,12H2,1H3,(H,24,27). The minimum Gasteiger partial charge on any atom is -0.497 e. The fraction of sp³-hybridized carbons (Fsp3) is 0.190. The molecule has 0 bridgehead atoms. The van der Waals surface area contributed by atoms with Crippen LogP contribution in [-0.2, 0) is 17.8 Å². The summed E-state index contributed by atoms with van der Waals surface area (Å²) in [6.07, 6.45) is -0.0143. The van der Waals surface area contributed by atoms with Crippen LogP contribution in [0, 0.1) is 11.6 Å². The van der Waals surface area contributed by atoms with Crippen LogP contribution in [0.5, 0.6) is 5.75 Å². The van der Waals surface area contributed by atoms with Gasteiger partial charge < -0.3 is 10.1 Å². The van der Waals surface area contributed by atoms with Gasteiger partial charge in [0.15, 0.2) is 10.1 Å². The number of thiazole rings is 1. The topological polar surface area (TPSA) is 68.3 Å². The van der Waals surface area contributed by atoms with Gasteiger partial charge in [0.05, 0.1) is 25.0 Å². The normalized spacial score (nSPS) is 10.6. The van der Waals surface area contributed by atoms with E-state index in [0.29, 0.717) is 21.3 Å². The molecule has 0 saturated carbocycles. The Kier molecular flexibility index (Phi) is 7.53. The van der Waals surface area contributed by atoms with Crippen molar-refractivity contribution in [3.63, 3.8) is 0 Å². The maximum Gasteiger partial charge on any atom is 0.226 e. The molecule has 1 amide bonds. The zero-order valence-corrected chi connectivity index (χ0v) is 17.6. The summed E-state index contributed by atoms with van der Waals surface area (Å²) in [5.74, 6) is -0.941. The van der Waals surface area contributed by atoms with E-state index in [1.807, 2.05) is 0 Å². The van der Waals surface area contributed by atoms with Crippen LogP contribution in [0.1, 0.15) is 21.6 Å². The maximum absolute atomic E-state index is 13.6. The van der Waals surface area contributed by atoms with Crippen LogP contribution in [-0.4, -0.2) is 29.5 Å². The Bertz CT molecular complexity index is 1020. The van der Waals surface area contributed by atoms with Crippen LogP contribution >= 0.6 is 23.1 Å². The van der Waals surface area contributed by atoms with E-state index >= 15 is 0 Å². The van der Waals surface area contributed by atoms with E-state index in [2.05, 4.69) is 10.3 Å². The summed E-state index contributed by atoms with van der Waals surface area (Å²) in [5.41, 5.74) is 0.933. The Hall–Kier alpha value is -2.78. The zero-order chi connectivity index (χ0) is 21.5. The van der Waals surface area contributed by atoms with Gasteiger partial charge in [0, 0.05) is 23.1 Å². The number of methoxy groups -OCH3 is 1. The molecule has 0 aliphatic heterocycles. The molecule has 2 aromatic carbocycles. The van der Waals surface area contributed by atoms with Gasteiger partial charge in [-0.25, -0.2) is 13.8 Å². The number of hydrogen-bond donors (Lipinski definition) is 1. The molecule has 0 fully saturated rings. The minimum absolute atomic E-state index is 0.0143. The van der Waals surface area contributed by atoms with Gasteiger partial charge in [-0.1, -0.05) is 17.8 Å². The summed E-state index contributed by atoms with van der Waals surface area (Å²) in [7, 11) is 1.56. The van der Waals surface area contributed by atoms with Gasteiger partial charge in [-0.15, -0.1) is 11.3 Å². The number of amides is 1. The quantitative estimate of drug-likeness (QED) is 0.391. The summed E-state index contributed by atoms with van der Waals surface area (Å²) in [6.45, 7) is -0.237. The Balaban J connectivity index is 1.48. The van der Waals surface area contributed by atoms with E-state index in [-0.39, 0.29) is 30.1 Å². The second-order valence-corrected chi connectivity index (χ2v) is 8.28. The first kappa shape index (κ1) is 21.9. The maximum atomic E-state index is 13.6. The molecule has 0 spiro atoms. The molecule has 0 atom stereocenters. The van der Waals surface area contributed by atoms with Crippen molar-refractivity contribution >= 4 is 34.8 Å². The molecule has 3 aromatic rings. The van der Waals surface area contributed by atoms with Gasteiger partial charge in [-0.3, -0.25) is 9.59 Å². The summed E-state index contributed by atoms with van der Waals surface area (Å²) >= 11 is 2.62. The Morgan fingerprint density at radius 1 is 1.13 bits per heavy atom. The van der Waals surface area contributed by atoms with Gasteiger partial charge in [0.1, 0.15) is 17.4 Å². The summed E-state index contributed by atoms with van der Waals surface area (Å²) in [6, 6.07) is 10.4. The average molecular weight is 449 g/mol. The van der Waals surface area contributed by atoms with Crippen LogP contribution in [0.3, 0.4) is 0 Å². The Morgan fingerprint density at radius 2 is 1.83 bits per heavy atom. The van der Waals surface area contributed by atoms with E-state index < -0.39 is 17.5 Å². The van der Waals surface area contributed by atoms with Gasteiger partial charge >= 0.3 is 0 Å². The molecule has 0 saturated heterocycles. The SMILES string of the molecule is COc1ccc(C(=O)CSc2nc(CC(=O)NCc3c(F)cccc3F)cs2)cc1. The van der Waals surface area contributed by atoms with E-state index in [1.54, 1.807) is 36.8 Å². The van der Waals surface area contributed by atoms with Crippen LogP contribution < -0.4 is 10.1 Å². The number of ketones is 1. The molecule has 3 rings (SSSR count). The number of Topliss-reactive ketones (excluding diaryl/α,β-unsaturated/α-hetero) is 1. The molecule has 1 heterocycles. The highest BCUT2D eigenvalue weighted by molar-refractivity contribution is 8.01. The van der Waals surface area contributed by atoms with Crippen molar-refractivity contribution in [2.75, 3.05) is 12.9 Å². The van der Waals surface area contributed by atoms with Crippen LogP contribution in [0.4, 0.5) is 8.78 Å². The van der Waals surface area contributed by atoms with E-state index in [4.69, 9.17) is 4.74 Å². The van der Waals surface area contributed by atoms with Crippen LogP contribution in [0.2, 0.25) is 0 Å². The van der Waals surface area contributed by atoms with Crippen molar-refractivity contribution in [1.29, 1.82) is 0 Å². The molecule has 156 valence electrons. The fourth-order valence-corrected chi connectivity index (χ4v) is 4.28. The molecule has 1 N–H and O–H groups in total. The van der Waals surface area contributed by atoms with E-state index in [1.165, 1.54) is 29.2 Å². The van der Waals surface area contributed by atoms with E-state index in [9.17, 15) is 18.4 Å². The molecular weight excluding hydrogens is 430 g/mol. The van der Waals surface area contributed by atoms with Crippen LogP contribution in [0.25, 0.3) is 0 Å². The highest BCUT2D eigenvalue weighted by atomic mass is 32.2. The number of aromatic nitrogens is 1. The molecule has 0 aliphatic rings. The second kappa shape index (κ2) is 10.3. The summed E-state index contributed by atoms with van der Waals surface area (Å²) in [5, 5.41) is 4.22. The molecule has 0 unspecified atom stereocenters. The van der Waals surface area contributed by atoms with Crippen molar-refractivity contribution < 1.29 is 23.1 Å². The molecule has 0 aliphatic carbocycles. The Labute approximate surface area is 180 Å². The van der Waals surface area contributed by atoms with E-state index in [0.717, 1.165) is 12.1 Å². The van der Waals surface area contributed by atoms with Gasteiger partial charge in [-0.2, -0.15) is 0 Å². The van der Waals surface area contributed by atoms with Crippen molar-refractivity contribution in [2.24, 2.45) is 0 Å². The van der Waals surface area contributed by atoms with Crippen LogP contribution in [0.15, 0.2) is 52.2 Å². The zero-order valence-electron chi connectivity index (χ0n) is 16.0. The smallest absolute Gasteiger partial charge is 0.226 e. The lowest BCUT2D eigenvalue weighted by atomic mass is 10.1. The minimum atomic E-state index is -0.704. The number of thioether (sulfide) groups is 1. The Morgan fingerprint density at radius 3 is 2.50 bits per heavy atom. The van der Waals surface area contributed by atoms with Crippen molar-refractivity contribution in [3.05, 3.63) is 76.3 Å². The molecular formula is C21H18F2N2O3S2. The highest BCUT2D eigenvalue weighted by Gasteiger charge is 2.13. The van der Waals surface area contributed by atoms with Gasteiger partial charge in [0.2, 0.25) is 5.91 Å². The first-order valence-electron chi connectivity index (χ1n) is 8.90. The predicted octanol–water partition coefficient (Wildman–Crippen LogP) is 4.26. The fourth-order valence-electron chi connectivity index (χ4n) is 2.54. The number of carbonyl (C=O) groups is 2. The summed E-state index contributed by atoms with van der Waals surface area (Å²) < 4.78 is 32.9. The highest BCUT2D eigenvalue weighted by Crippen LogP contribution is 2.24. The molecule has 0 radical (unpaired) electrons. The number of ether oxygens (including phenoxy) is 1. The number of carbonyl (C=O) groups excluding carboxylic acids is 2. The molecule has 5 nitrogen and oxygen atoms in total. The molecule has 9 heteroatoms.